The van der Waals surface area contributed by atoms with E-state index in [0.717, 1.165) is 5.56 Å². The molecule has 1 aromatic carbocycles. The standard InChI is InChI=1S/C18H20N8O/c27-17(24-9-11-25(12-10-24)18-19-7-4-8-20-18)16(26-14-21-22-23-26)13-15-5-2-1-3-6-15/h1-8,14,16H,9-13H2. The molecule has 1 atom stereocenters. The molecule has 2 aromatic heterocycles. The predicted octanol–water partition coefficient (Wildman–Crippen LogP) is 0.596. The Labute approximate surface area is 156 Å². The maximum atomic E-state index is 13.2. The second-order valence-electron chi connectivity index (χ2n) is 6.36. The Bertz CT molecular complexity index is 848. The van der Waals surface area contributed by atoms with E-state index in [1.165, 1.54) is 6.33 Å². The molecule has 1 unspecified atom stereocenters. The molecule has 27 heavy (non-hydrogen) atoms. The van der Waals surface area contributed by atoms with Gasteiger partial charge in [0.05, 0.1) is 0 Å². The molecule has 3 heterocycles. The first kappa shape index (κ1) is 17.1. The largest absolute Gasteiger partial charge is 0.337 e. The molecule has 0 spiro atoms. The van der Waals surface area contributed by atoms with E-state index in [9.17, 15) is 4.79 Å². The van der Waals surface area contributed by atoms with E-state index in [1.807, 2.05) is 35.2 Å². The van der Waals surface area contributed by atoms with Gasteiger partial charge in [0.2, 0.25) is 11.9 Å². The van der Waals surface area contributed by atoms with Crippen LogP contribution in [-0.2, 0) is 11.2 Å². The first-order valence-electron chi connectivity index (χ1n) is 8.88. The van der Waals surface area contributed by atoms with Crippen molar-refractivity contribution in [1.29, 1.82) is 0 Å². The van der Waals surface area contributed by atoms with Crippen LogP contribution >= 0.6 is 0 Å². The van der Waals surface area contributed by atoms with Crippen LogP contribution in [0.4, 0.5) is 5.95 Å². The van der Waals surface area contributed by atoms with Crippen LogP contribution in [0.2, 0.25) is 0 Å². The van der Waals surface area contributed by atoms with Crippen molar-refractivity contribution in [3.63, 3.8) is 0 Å². The molecule has 4 rings (SSSR count). The molecule has 3 aromatic rings. The van der Waals surface area contributed by atoms with E-state index in [4.69, 9.17) is 0 Å². The molecule has 9 heteroatoms. The number of piperazine rings is 1. The minimum atomic E-state index is -0.457. The summed E-state index contributed by atoms with van der Waals surface area (Å²) in [6, 6.07) is 11.3. The van der Waals surface area contributed by atoms with E-state index >= 15 is 0 Å². The normalized spacial score (nSPS) is 15.6. The van der Waals surface area contributed by atoms with Gasteiger partial charge in [-0.25, -0.2) is 14.6 Å². The molecule has 0 aliphatic carbocycles. The number of amides is 1. The van der Waals surface area contributed by atoms with Crippen molar-refractivity contribution in [2.24, 2.45) is 0 Å². The lowest BCUT2D eigenvalue weighted by Crippen LogP contribution is -2.51. The molecule has 0 bridgehead atoms. The fourth-order valence-electron chi connectivity index (χ4n) is 3.23. The Morgan fingerprint density at radius 1 is 1.00 bits per heavy atom. The third-order valence-electron chi connectivity index (χ3n) is 4.67. The fourth-order valence-corrected chi connectivity index (χ4v) is 3.23. The number of carbonyl (C=O) groups is 1. The van der Waals surface area contributed by atoms with Crippen LogP contribution in [0, 0.1) is 0 Å². The Kier molecular flexibility index (Phi) is 4.99. The van der Waals surface area contributed by atoms with Crippen LogP contribution in [0.15, 0.2) is 55.1 Å². The summed E-state index contributed by atoms with van der Waals surface area (Å²) in [7, 11) is 0. The molecule has 0 radical (unpaired) electrons. The first-order valence-corrected chi connectivity index (χ1v) is 8.88. The van der Waals surface area contributed by atoms with Gasteiger partial charge in [-0.1, -0.05) is 30.3 Å². The molecular formula is C18H20N8O. The molecule has 138 valence electrons. The number of carbonyl (C=O) groups excluding carboxylic acids is 1. The van der Waals surface area contributed by atoms with Crippen molar-refractivity contribution in [1.82, 2.24) is 35.1 Å². The predicted molar refractivity (Wildman–Crippen MR) is 97.8 cm³/mol. The summed E-state index contributed by atoms with van der Waals surface area (Å²) in [6.45, 7) is 2.63. The number of hydrogen-bond acceptors (Lipinski definition) is 7. The SMILES string of the molecule is O=C(C(Cc1ccccc1)n1cnnn1)N1CCN(c2ncccn2)CC1. The number of aromatic nitrogens is 6. The van der Waals surface area contributed by atoms with Gasteiger partial charge in [-0.2, -0.15) is 0 Å². The van der Waals surface area contributed by atoms with Crippen molar-refractivity contribution in [2.75, 3.05) is 31.1 Å². The Morgan fingerprint density at radius 2 is 1.74 bits per heavy atom. The first-order chi connectivity index (χ1) is 13.3. The zero-order chi connectivity index (χ0) is 18.5. The monoisotopic (exact) mass is 364 g/mol. The molecular weight excluding hydrogens is 344 g/mol. The summed E-state index contributed by atoms with van der Waals surface area (Å²) in [5.41, 5.74) is 1.07. The minimum Gasteiger partial charge on any atom is -0.337 e. The van der Waals surface area contributed by atoms with Gasteiger partial charge in [0.25, 0.3) is 0 Å². The summed E-state index contributed by atoms with van der Waals surface area (Å²) in [5, 5.41) is 11.4. The number of anilines is 1. The summed E-state index contributed by atoms with van der Waals surface area (Å²) < 4.78 is 1.54. The second kappa shape index (κ2) is 7.90. The van der Waals surface area contributed by atoms with Crippen LogP contribution < -0.4 is 4.90 Å². The van der Waals surface area contributed by atoms with Gasteiger partial charge in [-0.3, -0.25) is 4.79 Å². The quantitative estimate of drug-likeness (QED) is 0.654. The lowest BCUT2D eigenvalue weighted by Gasteiger charge is -2.36. The molecule has 1 saturated heterocycles. The highest BCUT2D eigenvalue weighted by molar-refractivity contribution is 5.81. The van der Waals surface area contributed by atoms with Crippen molar-refractivity contribution >= 4 is 11.9 Å². The smallest absolute Gasteiger partial charge is 0.248 e. The Hall–Kier alpha value is -3.36. The molecule has 1 amide bonds. The van der Waals surface area contributed by atoms with Crippen molar-refractivity contribution < 1.29 is 4.79 Å². The molecule has 1 aliphatic rings. The van der Waals surface area contributed by atoms with Gasteiger partial charge < -0.3 is 9.80 Å². The highest BCUT2D eigenvalue weighted by Gasteiger charge is 2.30. The average Bonchev–Trinajstić information content (AvgIpc) is 3.28. The van der Waals surface area contributed by atoms with Crippen LogP contribution in [-0.4, -0.2) is 67.2 Å². The van der Waals surface area contributed by atoms with Crippen LogP contribution in [0.1, 0.15) is 11.6 Å². The van der Waals surface area contributed by atoms with Gasteiger partial charge in [-0.05, 0) is 22.1 Å². The highest BCUT2D eigenvalue weighted by atomic mass is 16.2. The number of nitrogens with zero attached hydrogens (tertiary/aromatic N) is 8. The molecule has 1 aliphatic heterocycles. The van der Waals surface area contributed by atoms with E-state index in [1.54, 1.807) is 23.1 Å². The number of hydrogen-bond donors (Lipinski definition) is 0. The summed E-state index contributed by atoms with van der Waals surface area (Å²) in [6.07, 6.45) is 5.51. The van der Waals surface area contributed by atoms with Crippen molar-refractivity contribution in [3.05, 3.63) is 60.7 Å². The summed E-state index contributed by atoms with van der Waals surface area (Å²) in [5.74, 6) is 0.727. The minimum absolute atomic E-state index is 0.0276. The number of benzene rings is 1. The van der Waals surface area contributed by atoms with E-state index in [-0.39, 0.29) is 5.91 Å². The van der Waals surface area contributed by atoms with Crippen molar-refractivity contribution in [3.8, 4) is 0 Å². The number of tetrazole rings is 1. The van der Waals surface area contributed by atoms with Crippen LogP contribution in [0.25, 0.3) is 0 Å². The zero-order valence-corrected chi connectivity index (χ0v) is 14.8. The third-order valence-corrected chi connectivity index (χ3v) is 4.67. The maximum absolute atomic E-state index is 13.2. The van der Waals surface area contributed by atoms with E-state index < -0.39 is 6.04 Å². The Morgan fingerprint density at radius 3 is 2.41 bits per heavy atom. The van der Waals surface area contributed by atoms with Crippen molar-refractivity contribution in [2.45, 2.75) is 12.5 Å². The zero-order valence-electron chi connectivity index (χ0n) is 14.8. The highest BCUT2D eigenvalue weighted by Crippen LogP contribution is 2.18. The van der Waals surface area contributed by atoms with Gasteiger partial charge in [0.1, 0.15) is 12.4 Å². The lowest BCUT2D eigenvalue weighted by atomic mass is 10.0. The fraction of sp³-hybridized carbons (Fsp3) is 0.333. The van der Waals surface area contributed by atoms with Gasteiger partial charge in [0, 0.05) is 45.0 Å². The molecule has 0 N–H and O–H groups in total. The van der Waals surface area contributed by atoms with Crippen LogP contribution in [0.5, 0.6) is 0 Å². The average molecular weight is 364 g/mol. The third kappa shape index (κ3) is 3.91. The lowest BCUT2D eigenvalue weighted by molar-refractivity contribution is -0.135. The van der Waals surface area contributed by atoms with Gasteiger partial charge >= 0.3 is 0 Å². The van der Waals surface area contributed by atoms with Crippen LogP contribution in [0.3, 0.4) is 0 Å². The molecule has 1 fully saturated rings. The van der Waals surface area contributed by atoms with E-state index in [2.05, 4.69) is 30.4 Å². The van der Waals surface area contributed by atoms with E-state index in [0.29, 0.717) is 38.5 Å². The molecule has 0 saturated carbocycles. The maximum Gasteiger partial charge on any atom is 0.248 e. The second-order valence-corrected chi connectivity index (χ2v) is 6.36. The number of rotatable bonds is 5. The van der Waals surface area contributed by atoms with Gasteiger partial charge in [-0.15, -0.1) is 5.10 Å². The molecule has 9 nitrogen and oxygen atoms in total. The van der Waals surface area contributed by atoms with Gasteiger partial charge in [0.15, 0.2) is 0 Å². The summed E-state index contributed by atoms with van der Waals surface area (Å²) in [4.78, 5) is 25.7. The topological polar surface area (TPSA) is 92.9 Å². The Balaban J connectivity index is 1.46. The summed E-state index contributed by atoms with van der Waals surface area (Å²) >= 11 is 0.